The van der Waals surface area contributed by atoms with Crippen molar-refractivity contribution in [3.05, 3.63) is 17.0 Å². The number of sulfone groups is 1. The molecule has 1 aromatic heterocycles. The van der Waals surface area contributed by atoms with Crippen molar-refractivity contribution in [3.63, 3.8) is 0 Å². The van der Waals surface area contributed by atoms with Crippen molar-refractivity contribution >= 4 is 32.2 Å². The maximum absolute atomic E-state index is 11.7. The number of thiophene rings is 1. The van der Waals surface area contributed by atoms with Crippen LogP contribution in [0.25, 0.3) is 0 Å². The first-order chi connectivity index (χ1) is 8.44. The van der Waals surface area contributed by atoms with Gasteiger partial charge in [-0.2, -0.15) is 0 Å². The topological polar surface area (TPSA) is 75.3 Å². The summed E-state index contributed by atoms with van der Waals surface area (Å²) >= 11 is 1.49. The van der Waals surface area contributed by atoms with Crippen LogP contribution in [-0.4, -0.2) is 32.0 Å². The molecule has 2 N–H and O–H groups in total. The zero-order valence-corrected chi connectivity index (χ0v) is 11.7. The third-order valence-electron chi connectivity index (χ3n) is 2.78. The van der Waals surface area contributed by atoms with Crippen molar-refractivity contribution in [1.29, 1.82) is 0 Å². The van der Waals surface area contributed by atoms with Crippen molar-refractivity contribution in [3.8, 4) is 0 Å². The van der Waals surface area contributed by atoms with Crippen molar-refractivity contribution in [1.82, 2.24) is 5.32 Å². The number of carbonyl (C=O) groups is 1. The van der Waals surface area contributed by atoms with E-state index in [0.29, 0.717) is 6.42 Å². The maximum Gasteiger partial charge on any atom is 0.320 e. The summed E-state index contributed by atoms with van der Waals surface area (Å²) in [4.78, 5) is 12.8. The van der Waals surface area contributed by atoms with Crippen molar-refractivity contribution in [2.24, 2.45) is 0 Å². The molecule has 100 valence electrons. The van der Waals surface area contributed by atoms with Crippen LogP contribution < -0.4 is 10.6 Å². The van der Waals surface area contributed by atoms with Crippen molar-refractivity contribution in [2.45, 2.75) is 25.8 Å². The summed E-state index contributed by atoms with van der Waals surface area (Å²) in [6.45, 7) is 1.96. The van der Waals surface area contributed by atoms with Crippen LogP contribution in [-0.2, 0) is 9.84 Å². The van der Waals surface area contributed by atoms with E-state index in [1.165, 1.54) is 11.3 Å². The Morgan fingerprint density at radius 3 is 2.83 bits per heavy atom. The van der Waals surface area contributed by atoms with E-state index >= 15 is 0 Å². The second-order valence-corrected chi connectivity index (χ2v) is 7.98. The Balaban J connectivity index is 1.88. The monoisotopic (exact) mass is 288 g/mol. The van der Waals surface area contributed by atoms with Gasteiger partial charge in [-0.25, -0.2) is 13.2 Å². The van der Waals surface area contributed by atoms with Crippen LogP contribution in [0.15, 0.2) is 12.1 Å². The molecule has 7 heteroatoms. The molecule has 1 aliphatic rings. The molecule has 1 aromatic rings. The molecule has 1 aliphatic heterocycles. The average Bonchev–Trinajstić information content (AvgIpc) is 2.62. The van der Waals surface area contributed by atoms with E-state index in [2.05, 4.69) is 10.6 Å². The highest BCUT2D eigenvalue weighted by molar-refractivity contribution is 7.91. The largest absolute Gasteiger partial charge is 0.334 e. The molecule has 0 aliphatic carbocycles. The standard InChI is InChI=1S/C11H16N2O3S2/c1-8-4-5-10(17-8)13-11(14)12-9-3-2-6-18(15,16)7-9/h4-5,9H,2-3,6-7H2,1H3,(H2,12,13,14)/t9-/m0/s1. The fourth-order valence-electron chi connectivity index (χ4n) is 1.97. The average molecular weight is 288 g/mol. The highest BCUT2D eigenvalue weighted by Crippen LogP contribution is 2.20. The number of anilines is 1. The molecule has 1 saturated heterocycles. The number of amides is 2. The van der Waals surface area contributed by atoms with Gasteiger partial charge in [0.2, 0.25) is 0 Å². The zero-order valence-electron chi connectivity index (χ0n) is 10.1. The van der Waals surface area contributed by atoms with E-state index in [1.807, 2.05) is 19.1 Å². The maximum atomic E-state index is 11.7. The summed E-state index contributed by atoms with van der Waals surface area (Å²) in [5.41, 5.74) is 0. The molecule has 1 atom stereocenters. The molecule has 0 unspecified atom stereocenters. The first kappa shape index (κ1) is 13.4. The van der Waals surface area contributed by atoms with Crippen LogP contribution in [0.1, 0.15) is 17.7 Å². The Morgan fingerprint density at radius 1 is 1.44 bits per heavy atom. The molecule has 0 saturated carbocycles. The fourth-order valence-corrected chi connectivity index (χ4v) is 4.37. The van der Waals surface area contributed by atoms with Gasteiger partial charge in [-0.05, 0) is 31.9 Å². The summed E-state index contributed by atoms with van der Waals surface area (Å²) in [5.74, 6) is 0.279. The van der Waals surface area contributed by atoms with E-state index in [1.54, 1.807) is 0 Å². The number of carbonyl (C=O) groups excluding carboxylic acids is 1. The summed E-state index contributed by atoms with van der Waals surface area (Å²) in [7, 11) is -2.99. The van der Waals surface area contributed by atoms with Crippen molar-refractivity contribution in [2.75, 3.05) is 16.8 Å². The molecule has 5 nitrogen and oxygen atoms in total. The predicted octanol–water partition coefficient (Wildman–Crippen LogP) is 1.76. The number of hydrogen-bond acceptors (Lipinski definition) is 4. The van der Waals surface area contributed by atoms with Crippen LogP contribution in [0.2, 0.25) is 0 Å². The molecule has 18 heavy (non-hydrogen) atoms. The highest BCUT2D eigenvalue weighted by atomic mass is 32.2. The minimum absolute atomic E-state index is 0.0455. The quantitative estimate of drug-likeness (QED) is 0.870. The summed E-state index contributed by atoms with van der Waals surface area (Å²) in [6, 6.07) is 3.14. The Bertz CT molecular complexity index is 536. The molecule has 1 fully saturated rings. The number of hydrogen-bond donors (Lipinski definition) is 2. The van der Waals surface area contributed by atoms with Crippen LogP contribution >= 0.6 is 11.3 Å². The van der Waals surface area contributed by atoms with Crippen LogP contribution in [0.5, 0.6) is 0 Å². The van der Waals surface area contributed by atoms with Crippen LogP contribution in [0.4, 0.5) is 9.80 Å². The number of nitrogens with one attached hydrogen (secondary N) is 2. The van der Waals surface area contributed by atoms with Gasteiger partial charge < -0.3 is 5.32 Å². The normalized spacial score (nSPS) is 22.4. The Labute approximate surface area is 111 Å². The van der Waals surface area contributed by atoms with Gasteiger partial charge in [-0.1, -0.05) is 0 Å². The first-order valence-electron chi connectivity index (χ1n) is 5.79. The molecule has 0 radical (unpaired) electrons. The SMILES string of the molecule is Cc1ccc(NC(=O)N[C@H]2CCCS(=O)(=O)C2)s1. The zero-order chi connectivity index (χ0) is 13.2. The number of aryl methyl sites for hydroxylation is 1. The van der Waals surface area contributed by atoms with E-state index < -0.39 is 9.84 Å². The van der Waals surface area contributed by atoms with Gasteiger partial charge in [0.25, 0.3) is 0 Å². The molecular formula is C11H16N2O3S2. The predicted molar refractivity (Wildman–Crippen MR) is 72.9 cm³/mol. The van der Waals surface area contributed by atoms with Gasteiger partial charge in [0.1, 0.15) is 0 Å². The number of urea groups is 1. The summed E-state index contributed by atoms with van der Waals surface area (Å²) in [6.07, 6.45) is 1.33. The second-order valence-electron chi connectivity index (χ2n) is 4.46. The highest BCUT2D eigenvalue weighted by Gasteiger charge is 2.25. The lowest BCUT2D eigenvalue weighted by Crippen LogP contribution is -2.44. The van der Waals surface area contributed by atoms with Gasteiger partial charge in [-0.15, -0.1) is 11.3 Å². The van der Waals surface area contributed by atoms with E-state index in [0.717, 1.165) is 16.3 Å². The third kappa shape index (κ3) is 3.71. The van der Waals surface area contributed by atoms with Crippen LogP contribution in [0, 0.1) is 6.92 Å². The van der Waals surface area contributed by atoms with E-state index in [-0.39, 0.29) is 23.6 Å². The van der Waals surface area contributed by atoms with E-state index in [9.17, 15) is 13.2 Å². The Kier molecular flexibility index (Phi) is 3.91. The molecule has 2 amide bonds. The van der Waals surface area contributed by atoms with Gasteiger partial charge in [0.15, 0.2) is 9.84 Å². The summed E-state index contributed by atoms with van der Waals surface area (Å²) < 4.78 is 22.9. The third-order valence-corrected chi connectivity index (χ3v) is 5.51. The first-order valence-corrected chi connectivity index (χ1v) is 8.43. The molecule has 2 heterocycles. The number of rotatable bonds is 2. The summed E-state index contributed by atoms with van der Waals surface area (Å²) in [5, 5.41) is 6.19. The Hall–Kier alpha value is -1.08. The molecule has 0 spiro atoms. The lowest BCUT2D eigenvalue weighted by Gasteiger charge is -2.22. The van der Waals surface area contributed by atoms with Gasteiger partial charge in [0.05, 0.1) is 16.5 Å². The minimum atomic E-state index is -2.99. The lowest BCUT2D eigenvalue weighted by molar-refractivity contribution is 0.248. The molecular weight excluding hydrogens is 272 g/mol. The van der Waals surface area contributed by atoms with E-state index in [4.69, 9.17) is 0 Å². The minimum Gasteiger partial charge on any atom is -0.334 e. The van der Waals surface area contributed by atoms with Gasteiger partial charge in [-0.3, -0.25) is 5.32 Å². The molecule has 0 bridgehead atoms. The van der Waals surface area contributed by atoms with Crippen LogP contribution in [0.3, 0.4) is 0 Å². The van der Waals surface area contributed by atoms with Gasteiger partial charge in [0, 0.05) is 10.9 Å². The smallest absolute Gasteiger partial charge is 0.320 e. The molecule has 2 rings (SSSR count). The lowest BCUT2D eigenvalue weighted by atomic mass is 10.2. The van der Waals surface area contributed by atoms with Gasteiger partial charge >= 0.3 is 6.03 Å². The Morgan fingerprint density at radius 2 is 2.22 bits per heavy atom. The van der Waals surface area contributed by atoms with Crippen molar-refractivity contribution < 1.29 is 13.2 Å². The fraction of sp³-hybridized carbons (Fsp3) is 0.545. The molecule has 0 aromatic carbocycles. The second kappa shape index (κ2) is 5.27.